The van der Waals surface area contributed by atoms with Crippen molar-refractivity contribution >= 4 is 5.82 Å². The second kappa shape index (κ2) is 3.76. The second-order valence-electron chi connectivity index (χ2n) is 4.23. The third kappa shape index (κ3) is 1.73. The number of nitrogens with zero attached hydrogens (tertiary/aromatic N) is 3. The van der Waals surface area contributed by atoms with E-state index in [-0.39, 0.29) is 0 Å². The van der Waals surface area contributed by atoms with E-state index in [1.54, 1.807) is 7.11 Å². The van der Waals surface area contributed by atoms with Crippen LogP contribution in [-0.2, 0) is 0 Å². The highest BCUT2D eigenvalue weighted by Crippen LogP contribution is 2.39. The van der Waals surface area contributed by atoms with Crippen LogP contribution in [0.3, 0.4) is 0 Å². The fourth-order valence-corrected chi connectivity index (χ4v) is 1.91. The van der Waals surface area contributed by atoms with Crippen molar-refractivity contribution in [1.82, 2.24) is 15.0 Å². The molecule has 3 rings (SSSR count). The van der Waals surface area contributed by atoms with Gasteiger partial charge in [0.2, 0.25) is 0 Å². The number of nitrogens with two attached hydrogens (primary N) is 1. The first-order chi connectivity index (χ1) is 8.29. The minimum Gasteiger partial charge on any atom is -0.497 e. The molecule has 0 bridgehead atoms. The van der Waals surface area contributed by atoms with Gasteiger partial charge in [0.05, 0.1) is 13.2 Å². The lowest BCUT2D eigenvalue weighted by Crippen LogP contribution is -2.00. The lowest BCUT2D eigenvalue weighted by atomic mass is 10.1. The summed E-state index contributed by atoms with van der Waals surface area (Å²) in [6.07, 6.45) is 2.32. The Kier molecular flexibility index (Phi) is 2.24. The summed E-state index contributed by atoms with van der Waals surface area (Å²) in [4.78, 5) is 0. The number of anilines is 1. The van der Waals surface area contributed by atoms with Gasteiger partial charge in [-0.1, -0.05) is 5.21 Å². The van der Waals surface area contributed by atoms with E-state index in [1.807, 2.05) is 28.9 Å². The highest BCUT2D eigenvalue weighted by molar-refractivity contribution is 5.70. The summed E-state index contributed by atoms with van der Waals surface area (Å²) in [6.45, 7) is 0. The summed E-state index contributed by atoms with van der Waals surface area (Å²) in [6, 6.07) is 8.26. The first kappa shape index (κ1) is 10.1. The molecule has 1 aromatic heterocycles. The molecule has 1 heterocycles. The van der Waals surface area contributed by atoms with Gasteiger partial charge < -0.3 is 10.5 Å². The van der Waals surface area contributed by atoms with Gasteiger partial charge in [-0.05, 0) is 37.1 Å². The van der Waals surface area contributed by atoms with Crippen molar-refractivity contribution in [2.75, 3.05) is 12.8 Å². The Bertz CT molecular complexity index is 528. The molecule has 1 aromatic carbocycles. The zero-order valence-electron chi connectivity index (χ0n) is 9.63. The molecule has 88 valence electrons. The molecular formula is C12H14N4O. The number of rotatable bonds is 3. The molecule has 0 saturated heterocycles. The maximum Gasteiger partial charge on any atom is 0.174 e. The van der Waals surface area contributed by atoms with Crippen molar-refractivity contribution < 1.29 is 4.74 Å². The van der Waals surface area contributed by atoms with Crippen LogP contribution in [-0.4, -0.2) is 22.1 Å². The van der Waals surface area contributed by atoms with Crippen LogP contribution in [0.25, 0.3) is 11.3 Å². The Morgan fingerprint density at radius 2 is 2.00 bits per heavy atom. The van der Waals surface area contributed by atoms with Crippen molar-refractivity contribution in [2.24, 2.45) is 0 Å². The van der Waals surface area contributed by atoms with Crippen LogP contribution < -0.4 is 10.5 Å². The SMILES string of the molecule is COc1ccc(-c2c(N)nnn2C2CC2)cc1. The number of hydrogen-bond acceptors (Lipinski definition) is 4. The molecule has 2 N–H and O–H groups in total. The molecule has 0 aliphatic heterocycles. The lowest BCUT2D eigenvalue weighted by Gasteiger charge is -2.06. The van der Waals surface area contributed by atoms with Gasteiger partial charge in [-0.15, -0.1) is 5.10 Å². The van der Waals surface area contributed by atoms with Crippen LogP contribution in [0.2, 0.25) is 0 Å². The molecule has 1 saturated carbocycles. The van der Waals surface area contributed by atoms with Crippen LogP contribution in [0.5, 0.6) is 5.75 Å². The summed E-state index contributed by atoms with van der Waals surface area (Å²) in [5.41, 5.74) is 7.82. The van der Waals surface area contributed by atoms with E-state index in [4.69, 9.17) is 10.5 Å². The molecule has 5 nitrogen and oxygen atoms in total. The summed E-state index contributed by atoms with van der Waals surface area (Å²) >= 11 is 0. The average Bonchev–Trinajstić information content (AvgIpc) is 3.13. The normalized spacial score (nSPS) is 14.9. The van der Waals surface area contributed by atoms with Gasteiger partial charge in [0.25, 0.3) is 0 Å². The van der Waals surface area contributed by atoms with Crippen molar-refractivity contribution in [3.8, 4) is 17.0 Å². The second-order valence-corrected chi connectivity index (χ2v) is 4.23. The summed E-state index contributed by atoms with van der Waals surface area (Å²) < 4.78 is 7.07. The van der Waals surface area contributed by atoms with Crippen molar-refractivity contribution in [3.05, 3.63) is 24.3 Å². The minimum atomic E-state index is 0.469. The zero-order chi connectivity index (χ0) is 11.8. The van der Waals surface area contributed by atoms with Gasteiger partial charge in [-0.25, -0.2) is 4.68 Å². The Hall–Kier alpha value is -2.04. The molecule has 1 fully saturated rings. The number of benzene rings is 1. The number of aromatic nitrogens is 3. The van der Waals surface area contributed by atoms with Gasteiger partial charge in [0.15, 0.2) is 5.82 Å². The molecule has 0 unspecified atom stereocenters. The molecule has 1 aliphatic rings. The van der Waals surface area contributed by atoms with Crippen LogP contribution in [0.15, 0.2) is 24.3 Å². The molecular weight excluding hydrogens is 216 g/mol. The third-order valence-electron chi connectivity index (χ3n) is 2.98. The predicted octanol–water partition coefficient (Wildman–Crippen LogP) is 1.87. The molecule has 2 aromatic rings. The number of ether oxygens (including phenoxy) is 1. The van der Waals surface area contributed by atoms with Crippen LogP contribution in [0.4, 0.5) is 5.82 Å². The topological polar surface area (TPSA) is 66.0 Å². The van der Waals surface area contributed by atoms with E-state index in [9.17, 15) is 0 Å². The van der Waals surface area contributed by atoms with Gasteiger partial charge in [0, 0.05) is 5.56 Å². The lowest BCUT2D eigenvalue weighted by molar-refractivity contribution is 0.415. The Morgan fingerprint density at radius 1 is 1.29 bits per heavy atom. The highest BCUT2D eigenvalue weighted by Gasteiger charge is 2.28. The quantitative estimate of drug-likeness (QED) is 0.874. The van der Waals surface area contributed by atoms with E-state index in [1.165, 1.54) is 0 Å². The van der Waals surface area contributed by atoms with E-state index in [0.29, 0.717) is 11.9 Å². The summed E-state index contributed by atoms with van der Waals surface area (Å²) in [5.74, 6) is 1.32. The molecule has 1 aliphatic carbocycles. The fraction of sp³-hybridized carbons (Fsp3) is 0.333. The molecule has 17 heavy (non-hydrogen) atoms. The van der Waals surface area contributed by atoms with Gasteiger partial charge >= 0.3 is 0 Å². The van der Waals surface area contributed by atoms with E-state index < -0.39 is 0 Å². The molecule has 0 radical (unpaired) electrons. The van der Waals surface area contributed by atoms with Gasteiger partial charge in [-0.2, -0.15) is 0 Å². The predicted molar refractivity (Wildman–Crippen MR) is 64.7 cm³/mol. The molecule has 0 atom stereocenters. The zero-order valence-corrected chi connectivity index (χ0v) is 9.63. The first-order valence-corrected chi connectivity index (χ1v) is 5.64. The maximum absolute atomic E-state index is 5.88. The average molecular weight is 230 g/mol. The van der Waals surface area contributed by atoms with Crippen molar-refractivity contribution in [1.29, 1.82) is 0 Å². The van der Waals surface area contributed by atoms with Gasteiger partial charge in [-0.3, -0.25) is 0 Å². The fourth-order valence-electron chi connectivity index (χ4n) is 1.91. The highest BCUT2D eigenvalue weighted by atomic mass is 16.5. The number of hydrogen-bond donors (Lipinski definition) is 1. The first-order valence-electron chi connectivity index (χ1n) is 5.64. The number of methoxy groups -OCH3 is 1. The standard InChI is InChI=1S/C12H14N4O/c1-17-10-6-2-8(3-7-10)11-12(13)14-15-16(11)9-4-5-9/h2-3,6-7,9H,4-5,13H2,1H3. The summed E-state index contributed by atoms with van der Waals surface area (Å²) in [5, 5.41) is 8.06. The smallest absolute Gasteiger partial charge is 0.174 e. The Balaban J connectivity index is 2.04. The van der Waals surface area contributed by atoms with E-state index in [2.05, 4.69) is 10.3 Å². The van der Waals surface area contributed by atoms with Gasteiger partial charge in [0.1, 0.15) is 11.4 Å². The monoisotopic (exact) mass is 230 g/mol. The van der Waals surface area contributed by atoms with Crippen LogP contribution in [0.1, 0.15) is 18.9 Å². The molecule has 0 amide bonds. The van der Waals surface area contributed by atoms with Crippen molar-refractivity contribution in [2.45, 2.75) is 18.9 Å². The molecule has 5 heteroatoms. The largest absolute Gasteiger partial charge is 0.497 e. The molecule has 0 spiro atoms. The van der Waals surface area contributed by atoms with Crippen LogP contribution in [0, 0.1) is 0 Å². The summed E-state index contributed by atoms with van der Waals surface area (Å²) in [7, 11) is 1.65. The van der Waals surface area contributed by atoms with E-state index >= 15 is 0 Å². The van der Waals surface area contributed by atoms with E-state index in [0.717, 1.165) is 29.8 Å². The Labute approximate surface area is 99.2 Å². The number of nitrogen functional groups attached to an aromatic ring is 1. The van der Waals surface area contributed by atoms with Crippen LogP contribution >= 0.6 is 0 Å². The van der Waals surface area contributed by atoms with Crippen molar-refractivity contribution in [3.63, 3.8) is 0 Å². The minimum absolute atomic E-state index is 0.469. The third-order valence-corrected chi connectivity index (χ3v) is 2.98. The Morgan fingerprint density at radius 3 is 2.59 bits per heavy atom. The maximum atomic E-state index is 5.88.